The Kier molecular flexibility index (Phi) is 6.48. The molecule has 0 unspecified atom stereocenters. The van der Waals surface area contributed by atoms with Gasteiger partial charge in [-0.3, -0.25) is 0 Å². The molecule has 0 aliphatic carbocycles. The van der Waals surface area contributed by atoms with Gasteiger partial charge in [0.25, 0.3) is 0 Å². The molecular formula is C46H38N2OSi2. The fourth-order valence-electron chi connectivity index (χ4n) is 8.77. The van der Waals surface area contributed by atoms with Crippen LogP contribution in [-0.4, -0.2) is 16.1 Å². The lowest BCUT2D eigenvalue weighted by Crippen LogP contribution is -2.49. The van der Waals surface area contributed by atoms with Gasteiger partial charge in [-0.2, -0.15) is 0 Å². The van der Waals surface area contributed by atoms with Crippen LogP contribution in [0.1, 0.15) is 0 Å². The summed E-state index contributed by atoms with van der Waals surface area (Å²) in [5.41, 5.74) is 13.9. The average molecular weight is 691 g/mol. The van der Waals surface area contributed by atoms with E-state index in [4.69, 9.17) is 4.42 Å². The standard InChI is InChI=1S/C46H38N2OSi2/c1-50(2)43-15-9-6-12-36(43)39-27-31(18-21-45(39)50)47-33-23-30(29-17-20-42-38(25-29)35-11-5-8-14-41(35)49-42)24-34(26-33)48-32-19-22-46-40(28-32)37-13-7-10-16-44(37)51(46,3)4/h5-28,47-48H,1-4H3. The minimum Gasteiger partial charge on any atom is -0.456 e. The highest BCUT2D eigenvalue weighted by Gasteiger charge is 2.38. The van der Waals surface area contributed by atoms with Crippen LogP contribution in [0.5, 0.6) is 0 Å². The van der Waals surface area contributed by atoms with E-state index in [-0.39, 0.29) is 0 Å². The number of hydrogen-bond acceptors (Lipinski definition) is 3. The van der Waals surface area contributed by atoms with Gasteiger partial charge in [-0.25, -0.2) is 0 Å². The van der Waals surface area contributed by atoms with Crippen molar-refractivity contribution in [3.05, 3.63) is 146 Å². The van der Waals surface area contributed by atoms with Crippen LogP contribution < -0.4 is 31.4 Å². The van der Waals surface area contributed by atoms with E-state index >= 15 is 0 Å². The molecule has 5 heteroatoms. The highest BCUT2D eigenvalue weighted by atomic mass is 28.3. The van der Waals surface area contributed by atoms with E-state index in [0.29, 0.717) is 0 Å². The second-order valence-corrected chi connectivity index (χ2v) is 23.9. The molecule has 2 aliphatic heterocycles. The molecule has 0 bridgehead atoms. The summed E-state index contributed by atoms with van der Waals surface area (Å²) >= 11 is 0. The van der Waals surface area contributed by atoms with Crippen molar-refractivity contribution < 1.29 is 4.42 Å². The number of furan rings is 1. The van der Waals surface area contributed by atoms with Crippen LogP contribution in [0.15, 0.2) is 150 Å². The van der Waals surface area contributed by atoms with Gasteiger partial charge < -0.3 is 15.1 Å². The van der Waals surface area contributed by atoms with Gasteiger partial charge in [0.2, 0.25) is 0 Å². The lowest BCUT2D eigenvalue weighted by Gasteiger charge is -2.19. The van der Waals surface area contributed by atoms with Crippen LogP contribution in [0.4, 0.5) is 22.7 Å². The van der Waals surface area contributed by atoms with Gasteiger partial charge in [-0.05, 0) is 115 Å². The normalized spacial score (nSPS) is 14.6. The van der Waals surface area contributed by atoms with E-state index in [2.05, 4.69) is 170 Å². The minimum atomic E-state index is -1.72. The van der Waals surface area contributed by atoms with E-state index in [1.165, 1.54) is 43.0 Å². The number of nitrogens with one attached hydrogen (secondary N) is 2. The van der Waals surface area contributed by atoms with Crippen LogP contribution in [0.25, 0.3) is 55.3 Å². The fourth-order valence-corrected chi connectivity index (χ4v) is 14.9. The van der Waals surface area contributed by atoms with Gasteiger partial charge >= 0.3 is 0 Å². The number of rotatable bonds is 5. The summed E-state index contributed by atoms with van der Waals surface area (Å²) in [6.07, 6.45) is 0. The van der Waals surface area contributed by atoms with Crippen LogP contribution >= 0.6 is 0 Å². The van der Waals surface area contributed by atoms with E-state index in [1.807, 2.05) is 12.1 Å². The van der Waals surface area contributed by atoms with Gasteiger partial charge in [-0.15, -0.1) is 0 Å². The van der Waals surface area contributed by atoms with Gasteiger partial charge in [0, 0.05) is 33.5 Å². The summed E-state index contributed by atoms with van der Waals surface area (Å²) in [4.78, 5) is 0. The minimum absolute atomic E-state index is 0.905. The summed E-state index contributed by atoms with van der Waals surface area (Å²) in [5.74, 6) is 0. The molecule has 0 atom stereocenters. The Balaban J connectivity index is 1.07. The fraction of sp³-hybridized carbons (Fsp3) is 0.0870. The molecule has 1 aromatic heterocycles. The van der Waals surface area contributed by atoms with Crippen LogP contribution in [-0.2, 0) is 0 Å². The van der Waals surface area contributed by atoms with E-state index in [9.17, 15) is 0 Å². The first-order chi connectivity index (χ1) is 24.7. The number of fused-ring (bicyclic) bond motifs is 9. The third-order valence-corrected chi connectivity index (χ3v) is 18.5. The van der Waals surface area contributed by atoms with Crippen molar-refractivity contribution in [2.24, 2.45) is 0 Å². The molecule has 0 saturated heterocycles. The zero-order valence-electron chi connectivity index (χ0n) is 29.3. The molecule has 10 rings (SSSR count). The molecule has 0 amide bonds. The molecule has 8 aromatic rings. The van der Waals surface area contributed by atoms with E-state index in [1.54, 1.807) is 0 Å². The molecule has 0 spiro atoms. The van der Waals surface area contributed by atoms with Crippen molar-refractivity contribution in [2.75, 3.05) is 10.6 Å². The monoisotopic (exact) mass is 690 g/mol. The van der Waals surface area contributed by atoms with E-state index in [0.717, 1.165) is 55.8 Å². The number of hydrogen-bond donors (Lipinski definition) is 2. The Morgan fingerprint density at radius 2 is 0.882 bits per heavy atom. The molecule has 2 aliphatic rings. The van der Waals surface area contributed by atoms with Crippen LogP contribution in [0, 0.1) is 0 Å². The Bertz CT molecular complexity index is 2590. The van der Waals surface area contributed by atoms with Gasteiger partial charge in [0.05, 0.1) is 0 Å². The second-order valence-electron chi connectivity index (χ2n) is 15.2. The SMILES string of the molecule is C[Si]1(C)c2ccccc2-c2cc(Nc3cc(Nc4ccc5c(c4)-c4ccccc4[Si]5(C)C)cc(-c4ccc5oc6ccccc6c5c4)c3)ccc21. The molecule has 7 aromatic carbocycles. The van der Waals surface area contributed by atoms with Crippen molar-refractivity contribution in [3.8, 4) is 33.4 Å². The molecule has 246 valence electrons. The Labute approximate surface area is 300 Å². The lowest BCUT2D eigenvalue weighted by molar-refractivity contribution is 0.669. The first-order valence-electron chi connectivity index (χ1n) is 17.8. The summed E-state index contributed by atoms with van der Waals surface area (Å²) in [7, 11) is -3.44. The highest BCUT2D eigenvalue weighted by Crippen LogP contribution is 2.38. The molecule has 0 saturated carbocycles. The number of anilines is 4. The first kappa shape index (κ1) is 30.2. The summed E-state index contributed by atoms with van der Waals surface area (Å²) in [6, 6.07) is 53.5. The van der Waals surface area contributed by atoms with Crippen molar-refractivity contribution in [1.82, 2.24) is 0 Å². The number of benzene rings is 7. The molecule has 0 fully saturated rings. The highest BCUT2D eigenvalue weighted by molar-refractivity contribution is 7.04. The maximum Gasteiger partial charge on any atom is 0.135 e. The third kappa shape index (κ3) is 4.69. The smallest absolute Gasteiger partial charge is 0.135 e. The molecule has 3 nitrogen and oxygen atoms in total. The Morgan fingerprint density at radius 1 is 0.373 bits per heavy atom. The first-order valence-corrected chi connectivity index (χ1v) is 23.8. The van der Waals surface area contributed by atoms with E-state index < -0.39 is 16.1 Å². The summed E-state index contributed by atoms with van der Waals surface area (Å²) in [6.45, 7) is 9.86. The van der Waals surface area contributed by atoms with Crippen molar-refractivity contribution in [2.45, 2.75) is 26.2 Å². The predicted octanol–water partition coefficient (Wildman–Crippen LogP) is 10.3. The average Bonchev–Trinajstić information content (AvgIpc) is 3.71. The van der Waals surface area contributed by atoms with Crippen LogP contribution in [0.3, 0.4) is 0 Å². The molecule has 3 heterocycles. The van der Waals surface area contributed by atoms with Gasteiger partial charge in [0.15, 0.2) is 0 Å². The molecular weight excluding hydrogens is 653 g/mol. The molecule has 0 radical (unpaired) electrons. The van der Waals surface area contributed by atoms with Crippen molar-refractivity contribution in [3.63, 3.8) is 0 Å². The largest absolute Gasteiger partial charge is 0.456 e. The quantitative estimate of drug-likeness (QED) is 0.177. The van der Waals surface area contributed by atoms with Gasteiger partial charge in [-0.1, -0.05) is 111 Å². The molecule has 2 N–H and O–H groups in total. The number of para-hydroxylation sites is 1. The predicted molar refractivity (Wildman–Crippen MR) is 223 cm³/mol. The third-order valence-electron chi connectivity index (χ3n) is 11.4. The summed E-state index contributed by atoms with van der Waals surface area (Å²) < 4.78 is 6.18. The lowest BCUT2D eigenvalue weighted by atomic mass is 10.0. The Morgan fingerprint density at radius 3 is 1.49 bits per heavy atom. The van der Waals surface area contributed by atoms with Crippen molar-refractivity contribution >= 4 is 81.6 Å². The van der Waals surface area contributed by atoms with Crippen molar-refractivity contribution in [1.29, 1.82) is 0 Å². The summed E-state index contributed by atoms with van der Waals surface area (Å²) in [5, 5.41) is 16.0. The zero-order chi connectivity index (χ0) is 34.5. The second kappa shape index (κ2) is 10.9. The zero-order valence-corrected chi connectivity index (χ0v) is 31.3. The maximum atomic E-state index is 6.18. The molecule has 51 heavy (non-hydrogen) atoms. The maximum absolute atomic E-state index is 6.18. The van der Waals surface area contributed by atoms with Crippen LogP contribution in [0.2, 0.25) is 26.2 Å². The van der Waals surface area contributed by atoms with Gasteiger partial charge in [0.1, 0.15) is 27.3 Å². The Hall–Kier alpha value is -5.63. The topological polar surface area (TPSA) is 37.2 Å².